The lowest BCUT2D eigenvalue weighted by Gasteiger charge is -2.33. The van der Waals surface area contributed by atoms with Gasteiger partial charge in [0.05, 0.1) is 19.1 Å². The van der Waals surface area contributed by atoms with Crippen LogP contribution in [0.5, 0.6) is 0 Å². The van der Waals surface area contributed by atoms with Crippen LogP contribution in [0.2, 0.25) is 0 Å². The lowest BCUT2D eigenvalue weighted by molar-refractivity contribution is -0.159. The normalized spacial score (nSPS) is 13.8. The number of carbonyl (C=O) groups is 4. The number of carbonyl (C=O) groups excluding carboxylic acids is 2. The Kier molecular flexibility index (Phi) is 7.18. The van der Waals surface area contributed by atoms with Gasteiger partial charge in [0.15, 0.2) is 17.2 Å². The van der Waals surface area contributed by atoms with Gasteiger partial charge in [-0.2, -0.15) is 5.10 Å². The summed E-state index contributed by atoms with van der Waals surface area (Å²) in [5.41, 5.74) is 1.03. The van der Waals surface area contributed by atoms with Gasteiger partial charge >= 0.3 is 11.9 Å². The van der Waals surface area contributed by atoms with Crippen molar-refractivity contribution in [1.29, 1.82) is 0 Å². The van der Waals surface area contributed by atoms with Crippen LogP contribution in [-0.2, 0) is 9.59 Å². The minimum Gasteiger partial charge on any atom is -0.473 e. The fraction of sp³-hybridized carbons (Fsp3) is 0.250. The van der Waals surface area contributed by atoms with Crippen molar-refractivity contribution in [3.8, 4) is 11.5 Å². The summed E-state index contributed by atoms with van der Waals surface area (Å²) in [6, 6.07) is 8.63. The summed E-state index contributed by atoms with van der Waals surface area (Å²) in [7, 11) is 0. The van der Waals surface area contributed by atoms with E-state index in [1.165, 1.54) is 6.26 Å². The van der Waals surface area contributed by atoms with Gasteiger partial charge in [0.25, 0.3) is 5.91 Å². The molecule has 12 heteroatoms. The van der Waals surface area contributed by atoms with E-state index in [9.17, 15) is 9.59 Å². The van der Waals surface area contributed by atoms with Gasteiger partial charge in [-0.15, -0.1) is 0 Å². The third-order valence-electron chi connectivity index (χ3n) is 4.59. The average molecular weight is 444 g/mol. The van der Waals surface area contributed by atoms with Gasteiger partial charge in [-0.3, -0.25) is 19.6 Å². The Bertz CT molecular complexity index is 1050. The van der Waals surface area contributed by atoms with Crippen molar-refractivity contribution in [2.75, 3.05) is 32.7 Å². The van der Waals surface area contributed by atoms with Crippen molar-refractivity contribution in [3.63, 3.8) is 0 Å². The molecule has 0 spiro atoms. The SMILES string of the molecule is O=C(CN1CCN(C(=O)c2cc(-c3ccco3)[nH]n2)CC1)c1ccco1.O=C(O)C(=O)O. The molecule has 3 aromatic heterocycles. The molecule has 0 radical (unpaired) electrons. The molecular weight excluding hydrogens is 424 g/mol. The molecule has 12 nitrogen and oxygen atoms in total. The van der Waals surface area contributed by atoms with Crippen LogP contribution in [0.3, 0.4) is 0 Å². The van der Waals surface area contributed by atoms with E-state index in [0.717, 1.165) is 0 Å². The second-order valence-corrected chi connectivity index (χ2v) is 6.72. The lowest BCUT2D eigenvalue weighted by Crippen LogP contribution is -2.50. The molecule has 4 rings (SSSR count). The molecule has 3 aromatic rings. The molecule has 4 heterocycles. The molecule has 3 N–H and O–H groups in total. The monoisotopic (exact) mass is 444 g/mol. The van der Waals surface area contributed by atoms with Crippen molar-refractivity contribution in [2.24, 2.45) is 0 Å². The van der Waals surface area contributed by atoms with Crippen LogP contribution in [0.1, 0.15) is 21.0 Å². The molecule has 1 aliphatic heterocycles. The summed E-state index contributed by atoms with van der Waals surface area (Å²) < 4.78 is 10.4. The van der Waals surface area contributed by atoms with Gasteiger partial charge in [0, 0.05) is 32.2 Å². The topological polar surface area (TPSA) is 170 Å². The highest BCUT2D eigenvalue weighted by Gasteiger charge is 2.25. The number of hydrogen-bond donors (Lipinski definition) is 3. The number of ketones is 1. The Balaban J connectivity index is 0.000000427. The van der Waals surface area contributed by atoms with Gasteiger partial charge in [0.2, 0.25) is 5.78 Å². The van der Waals surface area contributed by atoms with E-state index in [1.54, 1.807) is 41.5 Å². The lowest BCUT2D eigenvalue weighted by atomic mass is 10.2. The highest BCUT2D eigenvalue weighted by molar-refractivity contribution is 6.27. The zero-order valence-electron chi connectivity index (χ0n) is 16.8. The highest BCUT2D eigenvalue weighted by Crippen LogP contribution is 2.19. The Morgan fingerprint density at radius 3 is 2.19 bits per heavy atom. The summed E-state index contributed by atoms with van der Waals surface area (Å²) in [6.07, 6.45) is 3.06. The first kappa shape index (κ1) is 22.5. The Morgan fingerprint density at radius 1 is 0.969 bits per heavy atom. The van der Waals surface area contributed by atoms with Crippen LogP contribution >= 0.6 is 0 Å². The van der Waals surface area contributed by atoms with E-state index in [2.05, 4.69) is 10.2 Å². The predicted molar refractivity (Wildman–Crippen MR) is 107 cm³/mol. The van der Waals surface area contributed by atoms with Crippen LogP contribution < -0.4 is 0 Å². The van der Waals surface area contributed by atoms with Crippen molar-refractivity contribution >= 4 is 23.6 Å². The number of aromatic amines is 1. The second-order valence-electron chi connectivity index (χ2n) is 6.72. The number of carboxylic acids is 2. The van der Waals surface area contributed by atoms with Gasteiger partial charge in [-0.05, 0) is 24.3 Å². The van der Waals surface area contributed by atoms with Crippen molar-refractivity contribution in [2.45, 2.75) is 0 Å². The molecule has 0 bridgehead atoms. The van der Waals surface area contributed by atoms with Crippen molar-refractivity contribution in [3.05, 3.63) is 54.3 Å². The number of aliphatic carboxylic acids is 2. The molecule has 0 unspecified atom stereocenters. The number of furan rings is 2. The molecule has 0 atom stereocenters. The summed E-state index contributed by atoms with van der Waals surface area (Å²) in [5, 5.41) is 21.7. The van der Waals surface area contributed by atoms with Gasteiger partial charge < -0.3 is 23.9 Å². The maximum atomic E-state index is 12.6. The first-order valence-corrected chi connectivity index (χ1v) is 9.49. The van der Waals surface area contributed by atoms with Crippen LogP contribution in [0, 0.1) is 0 Å². The predicted octanol–water partition coefficient (Wildman–Crippen LogP) is 1.06. The second kappa shape index (κ2) is 10.2. The molecule has 1 aliphatic rings. The average Bonchev–Trinajstić information content (AvgIpc) is 3.56. The van der Waals surface area contributed by atoms with Gasteiger partial charge in [-0.25, -0.2) is 9.59 Å². The molecule has 32 heavy (non-hydrogen) atoms. The minimum absolute atomic E-state index is 0.0508. The number of piperazine rings is 1. The van der Waals surface area contributed by atoms with Crippen LogP contribution in [0.25, 0.3) is 11.5 Å². The Morgan fingerprint density at radius 2 is 1.62 bits per heavy atom. The van der Waals surface area contributed by atoms with Gasteiger partial charge in [-0.1, -0.05) is 0 Å². The smallest absolute Gasteiger partial charge is 0.414 e. The van der Waals surface area contributed by atoms with E-state index in [4.69, 9.17) is 28.6 Å². The Labute approximate surface area is 181 Å². The fourth-order valence-corrected chi connectivity index (χ4v) is 2.98. The molecule has 0 aliphatic carbocycles. The molecule has 168 valence electrons. The van der Waals surface area contributed by atoms with Crippen LogP contribution in [0.4, 0.5) is 0 Å². The molecule has 0 saturated carbocycles. The number of Topliss-reactive ketones (excluding diaryl/α,β-unsaturated/α-hetero) is 1. The first-order chi connectivity index (χ1) is 15.3. The maximum absolute atomic E-state index is 12.6. The third-order valence-corrected chi connectivity index (χ3v) is 4.59. The third kappa shape index (κ3) is 5.70. The summed E-state index contributed by atoms with van der Waals surface area (Å²) in [5.74, 6) is -2.82. The standard InChI is InChI=1S/C18H18N4O4.C2H2O4/c23-15(17-4-2-10-26-17)12-21-5-7-22(8-6-21)18(24)14-11-13(19-20-14)16-3-1-9-25-16;3-1(4)2(5)6/h1-4,9-11H,5-8,12H2,(H,19,20);(H,3,4)(H,5,6). The molecule has 1 saturated heterocycles. The summed E-state index contributed by atoms with van der Waals surface area (Å²) in [6.45, 7) is 2.66. The number of nitrogens with one attached hydrogen (secondary N) is 1. The highest BCUT2D eigenvalue weighted by atomic mass is 16.4. The largest absolute Gasteiger partial charge is 0.473 e. The zero-order valence-corrected chi connectivity index (χ0v) is 16.8. The number of aromatic nitrogens is 2. The number of carboxylic acid groups (broad SMARTS) is 2. The number of H-pyrrole nitrogens is 1. The van der Waals surface area contributed by atoms with Crippen molar-refractivity contribution in [1.82, 2.24) is 20.0 Å². The van der Waals surface area contributed by atoms with E-state index < -0.39 is 11.9 Å². The van der Waals surface area contributed by atoms with Crippen LogP contribution in [0.15, 0.2) is 51.7 Å². The molecule has 0 aromatic carbocycles. The first-order valence-electron chi connectivity index (χ1n) is 9.49. The van der Waals surface area contributed by atoms with E-state index in [0.29, 0.717) is 55.6 Å². The molecular formula is C20H20N4O8. The maximum Gasteiger partial charge on any atom is 0.414 e. The molecule has 1 amide bonds. The molecule has 1 fully saturated rings. The zero-order chi connectivity index (χ0) is 23.1. The number of nitrogens with zero attached hydrogens (tertiary/aromatic N) is 3. The number of rotatable bonds is 5. The van der Waals surface area contributed by atoms with E-state index in [1.807, 2.05) is 4.90 Å². The van der Waals surface area contributed by atoms with Gasteiger partial charge in [0.1, 0.15) is 5.69 Å². The number of amides is 1. The Hall–Kier alpha value is -4.19. The minimum atomic E-state index is -1.82. The summed E-state index contributed by atoms with van der Waals surface area (Å²) in [4.78, 5) is 46.7. The van der Waals surface area contributed by atoms with Crippen LogP contribution in [-0.4, -0.2) is 86.6 Å². The van der Waals surface area contributed by atoms with E-state index in [-0.39, 0.29) is 11.7 Å². The van der Waals surface area contributed by atoms with Crippen molar-refractivity contribution < 1.29 is 38.2 Å². The van der Waals surface area contributed by atoms with E-state index >= 15 is 0 Å². The summed E-state index contributed by atoms with van der Waals surface area (Å²) >= 11 is 0. The fourth-order valence-electron chi connectivity index (χ4n) is 2.98. The quantitative estimate of drug-likeness (QED) is 0.382. The number of hydrogen-bond acceptors (Lipinski definition) is 8.